The Bertz CT molecular complexity index is 741. The highest BCUT2D eigenvalue weighted by Crippen LogP contribution is 2.35. The van der Waals surface area contributed by atoms with Gasteiger partial charge in [-0.1, -0.05) is 23.7 Å². The van der Waals surface area contributed by atoms with Crippen LogP contribution in [0.4, 0.5) is 5.69 Å². The number of nitrogens with zero attached hydrogens (tertiary/aromatic N) is 4. The number of hydrogen-bond donors (Lipinski definition) is 1. The molecule has 0 fully saturated rings. The van der Waals surface area contributed by atoms with E-state index in [1.165, 1.54) is 33.4 Å². The van der Waals surface area contributed by atoms with Crippen molar-refractivity contribution in [2.45, 2.75) is 6.10 Å². The van der Waals surface area contributed by atoms with Crippen LogP contribution >= 0.6 is 11.6 Å². The van der Waals surface area contributed by atoms with Gasteiger partial charge in [0.25, 0.3) is 0 Å². The minimum Gasteiger partial charge on any atom is -0.755 e. The first kappa shape index (κ1) is 18.3. The predicted molar refractivity (Wildman–Crippen MR) is 85.8 cm³/mol. The zero-order valence-corrected chi connectivity index (χ0v) is 14.5. The van der Waals surface area contributed by atoms with Crippen molar-refractivity contribution in [3.63, 3.8) is 0 Å². The summed E-state index contributed by atoms with van der Waals surface area (Å²) in [6, 6.07) is 4.48. The van der Waals surface area contributed by atoms with Crippen LogP contribution in [0.5, 0.6) is 12.0 Å². The summed E-state index contributed by atoms with van der Waals surface area (Å²) in [6.45, 7) is 0. The van der Waals surface area contributed by atoms with Crippen LogP contribution in [0.2, 0.25) is 5.02 Å². The average molecular weight is 374 g/mol. The zero-order valence-electron chi connectivity index (χ0n) is 13.0. The topological polar surface area (TPSA) is 121 Å². The van der Waals surface area contributed by atoms with Crippen LogP contribution in [0, 0.1) is 0 Å². The predicted octanol–water partition coefficient (Wildman–Crippen LogP) is 0.854. The first-order valence-electron chi connectivity index (χ1n) is 6.52. The molecule has 2 unspecified atom stereocenters. The van der Waals surface area contributed by atoms with E-state index in [1.807, 2.05) is 0 Å². The van der Waals surface area contributed by atoms with Crippen molar-refractivity contribution in [1.29, 1.82) is 0 Å². The number of benzene rings is 1. The molecule has 0 aliphatic heterocycles. The molecule has 0 saturated heterocycles. The maximum atomic E-state index is 11.3. The maximum Gasteiger partial charge on any atom is 0.322 e. The van der Waals surface area contributed by atoms with Gasteiger partial charge in [0.05, 0.1) is 24.9 Å². The SMILES string of the molecule is COc1nc(OC)nc(C(O)c2cccc(Cl)c2N(C)S(=O)[O-])n1. The minimum atomic E-state index is -2.58. The smallest absolute Gasteiger partial charge is 0.322 e. The molecule has 0 aliphatic rings. The number of ether oxygens (including phenoxy) is 2. The summed E-state index contributed by atoms with van der Waals surface area (Å²) in [5, 5.41) is 10.8. The summed E-state index contributed by atoms with van der Waals surface area (Å²) >= 11 is 3.51. The molecule has 1 aromatic heterocycles. The molecule has 0 aliphatic carbocycles. The first-order chi connectivity index (χ1) is 11.4. The second kappa shape index (κ2) is 7.71. The molecule has 11 heteroatoms. The fourth-order valence-electron chi connectivity index (χ4n) is 1.96. The van der Waals surface area contributed by atoms with Gasteiger partial charge in [-0.3, -0.25) is 4.21 Å². The molecule has 0 bridgehead atoms. The fourth-order valence-corrected chi connectivity index (χ4v) is 2.67. The third-order valence-electron chi connectivity index (χ3n) is 3.07. The van der Waals surface area contributed by atoms with E-state index >= 15 is 0 Å². The summed E-state index contributed by atoms with van der Waals surface area (Å²) in [5.41, 5.74) is 0.308. The molecule has 2 aromatic rings. The molecule has 24 heavy (non-hydrogen) atoms. The van der Waals surface area contributed by atoms with E-state index in [9.17, 15) is 13.9 Å². The molecule has 2 rings (SSSR count). The highest BCUT2D eigenvalue weighted by Gasteiger charge is 2.23. The number of anilines is 1. The Morgan fingerprint density at radius 2 is 1.83 bits per heavy atom. The molecule has 9 nitrogen and oxygen atoms in total. The Morgan fingerprint density at radius 3 is 2.33 bits per heavy atom. The molecule has 130 valence electrons. The van der Waals surface area contributed by atoms with Crippen LogP contribution in [-0.2, 0) is 11.3 Å². The van der Waals surface area contributed by atoms with Crippen molar-refractivity contribution < 1.29 is 23.3 Å². The Labute approximate surface area is 145 Å². The molecule has 1 aromatic carbocycles. The normalized spacial score (nSPS) is 13.2. The number of halogens is 1. The van der Waals surface area contributed by atoms with E-state index in [1.54, 1.807) is 6.07 Å². The lowest BCUT2D eigenvalue weighted by molar-refractivity contribution is 0.204. The number of aliphatic hydroxyl groups excluding tert-OH is 1. The van der Waals surface area contributed by atoms with Crippen LogP contribution < -0.4 is 13.8 Å². The van der Waals surface area contributed by atoms with E-state index in [4.69, 9.17) is 21.1 Å². The largest absolute Gasteiger partial charge is 0.755 e. The molecule has 0 radical (unpaired) electrons. The second-order valence-corrected chi connectivity index (χ2v) is 5.85. The van der Waals surface area contributed by atoms with Gasteiger partial charge in [0.1, 0.15) is 6.10 Å². The number of para-hydroxylation sites is 1. The molecule has 0 saturated carbocycles. The molecule has 1 N–H and O–H groups in total. The first-order valence-corrected chi connectivity index (χ1v) is 7.93. The lowest BCUT2D eigenvalue weighted by atomic mass is 10.1. The molecule has 0 spiro atoms. The molecular weight excluding hydrogens is 360 g/mol. The fraction of sp³-hybridized carbons (Fsp3) is 0.308. The highest BCUT2D eigenvalue weighted by atomic mass is 35.5. The summed E-state index contributed by atoms with van der Waals surface area (Å²) in [4.78, 5) is 11.8. The van der Waals surface area contributed by atoms with Crippen molar-refractivity contribution in [1.82, 2.24) is 15.0 Å². The molecule has 1 heterocycles. The van der Waals surface area contributed by atoms with Gasteiger partial charge in [0, 0.05) is 23.9 Å². The quantitative estimate of drug-likeness (QED) is 0.740. The molecule has 2 atom stereocenters. The van der Waals surface area contributed by atoms with Gasteiger partial charge in [0.15, 0.2) is 5.82 Å². The van der Waals surface area contributed by atoms with Crippen molar-refractivity contribution in [3.05, 3.63) is 34.6 Å². The minimum absolute atomic E-state index is 0.0553. The van der Waals surface area contributed by atoms with E-state index in [-0.39, 0.29) is 34.1 Å². The van der Waals surface area contributed by atoms with Gasteiger partial charge in [-0.05, 0) is 6.07 Å². The molecular formula is C13H14ClN4O5S-. The average Bonchev–Trinajstić information content (AvgIpc) is 2.59. The van der Waals surface area contributed by atoms with Crippen LogP contribution in [0.25, 0.3) is 0 Å². The summed E-state index contributed by atoms with van der Waals surface area (Å²) < 4.78 is 33.3. The van der Waals surface area contributed by atoms with E-state index < -0.39 is 17.4 Å². The number of aliphatic hydroxyl groups is 1. The van der Waals surface area contributed by atoms with Crippen LogP contribution in [0.3, 0.4) is 0 Å². The summed E-state index contributed by atoms with van der Waals surface area (Å²) in [6.07, 6.45) is -1.38. The van der Waals surface area contributed by atoms with Crippen molar-refractivity contribution in [3.8, 4) is 12.0 Å². The van der Waals surface area contributed by atoms with Gasteiger partial charge < -0.3 is 23.4 Å². The third-order valence-corrected chi connectivity index (χ3v) is 4.01. The Balaban J connectivity index is 2.56. The lowest BCUT2D eigenvalue weighted by Gasteiger charge is -2.26. The Morgan fingerprint density at radius 1 is 1.25 bits per heavy atom. The summed E-state index contributed by atoms with van der Waals surface area (Å²) in [5.74, 6) is -0.0766. The monoisotopic (exact) mass is 373 g/mol. The third kappa shape index (κ3) is 3.73. The lowest BCUT2D eigenvalue weighted by Crippen LogP contribution is -2.22. The van der Waals surface area contributed by atoms with Gasteiger partial charge in [-0.15, -0.1) is 4.98 Å². The Kier molecular flexibility index (Phi) is 5.89. The molecule has 0 amide bonds. The zero-order chi connectivity index (χ0) is 17.9. The van der Waals surface area contributed by atoms with Crippen LogP contribution in [0.15, 0.2) is 18.2 Å². The van der Waals surface area contributed by atoms with Gasteiger partial charge >= 0.3 is 12.0 Å². The van der Waals surface area contributed by atoms with E-state index in [0.29, 0.717) is 0 Å². The van der Waals surface area contributed by atoms with Crippen LogP contribution in [-0.4, -0.2) is 50.1 Å². The second-order valence-electron chi connectivity index (χ2n) is 4.46. The van der Waals surface area contributed by atoms with Gasteiger partial charge in [-0.25, -0.2) is 0 Å². The van der Waals surface area contributed by atoms with E-state index in [0.717, 1.165) is 4.31 Å². The number of methoxy groups -OCH3 is 2. The summed E-state index contributed by atoms with van der Waals surface area (Å²) in [7, 11) is 4.00. The van der Waals surface area contributed by atoms with Crippen LogP contribution in [0.1, 0.15) is 17.5 Å². The number of aromatic nitrogens is 3. The van der Waals surface area contributed by atoms with Crippen molar-refractivity contribution >= 4 is 28.6 Å². The van der Waals surface area contributed by atoms with Gasteiger partial charge in [0.2, 0.25) is 0 Å². The number of hydrogen-bond acceptors (Lipinski definition) is 8. The standard InChI is InChI=1S/C13H15ClN4O5S/c1-18(24(20)21)9-7(5-4-6-8(9)14)10(19)11-15-12(22-2)17-13(16-11)23-3/h4-6,10,19H,1-3H3,(H,20,21)/p-1. The van der Waals surface area contributed by atoms with Gasteiger partial charge in [-0.2, -0.15) is 9.97 Å². The van der Waals surface area contributed by atoms with Crippen molar-refractivity contribution in [2.75, 3.05) is 25.6 Å². The number of rotatable bonds is 6. The highest BCUT2D eigenvalue weighted by molar-refractivity contribution is 7.80. The van der Waals surface area contributed by atoms with E-state index in [2.05, 4.69) is 15.0 Å². The maximum absolute atomic E-state index is 11.3. The van der Waals surface area contributed by atoms with Crippen molar-refractivity contribution in [2.24, 2.45) is 0 Å². The Hall–Kier alpha value is -2.01.